The minimum absolute atomic E-state index is 0.0837. The third kappa shape index (κ3) is 3.20. The van der Waals surface area contributed by atoms with E-state index in [-0.39, 0.29) is 11.7 Å². The average Bonchev–Trinajstić information content (AvgIpc) is 3.11. The molecule has 0 unspecified atom stereocenters. The maximum absolute atomic E-state index is 12.9. The van der Waals surface area contributed by atoms with E-state index in [9.17, 15) is 4.79 Å². The number of Topliss-reactive ketones (excluding diaryl/α,β-unsaturated/α-hetero) is 1. The lowest BCUT2D eigenvalue weighted by atomic mass is 9.83. The van der Waals surface area contributed by atoms with Gasteiger partial charge in [0.1, 0.15) is 0 Å². The Bertz CT molecular complexity index is 890. The highest BCUT2D eigenvalue weighted by Crippen LogP contribution is 2.34. The van der Waals surface area contributed by atoms with Crippen molar-refractivity contribution in [2.75, 3.05) is 0 Å². The standard InChI is InChI=1S/C23H21NO/c25-23(18-11-5-2-6-12-18)15-20(17-9-3-1-4-10-17)21-16-24-22-14-8-7-13-19(21)22/h1-12,16,20,24H,13-15H2/t20-/m1/s1. The van der Waals surface area contributed by atoms with Crippen LogP contribution in [-0.2, 0) is 12.8 Å². The van der Waals surface area contributed by atoms with Gasteiger partial charge in [-0.1, -0.05) is 72.8 Å². The fraction of sp³-hybridized carbons (Fsp3) is 0.174. The van der Waals surface area contributed by atoms with Crippen LogP contribution >= 0.6 is 0 Å². The quantitative estimate of drug-likeness (QED) is 0.515. The lowest BCUT2D eigenvalue weighted by molar-refractivity contribution is 0.0977. The van der Waals surface area contributed by atoms with Crippen molar-refractivity contribution < 1.29 is 4.79 Å². The summed E-state index contributed by atoms with van der Waals surface area (Å²) >= 11 is 0. The number of benzene rings is 2. The number of aromatic amines is 1. The van der Waals surface area contributed by atoms with Crippen LogP contribution in [0.3, 0.4) is 0 Å². The van der Waals surface area contributed by atoms with E-state index in [0.717, 1.165) is 18.4 Å². The van der Waals surface area contributed by atoms with Crippen LogP contribution in [0.15, 0.2) is 79.0 Å². The van der Waals surface area contributed by atoms with Crippen molar-refractivity contribution in [1.29, 1.82) is 0 Å². The fourth-order valence-electron chi connectivity index (χ4n) is 3.67. The van der Waals surface area contributed by atoms with Crippen LogP contribution in [0.5, 0.6) is 0 Å². The molecule has 25 heavy (non-hydrogen) atoms. The average molecular weight is 327 g/mol. The zero-order chi connectivity index (χ0) is 17.1. The zero-order valence-electron chi connectivity index (χ0n) is 14.1. The highest BCUT2D eigenvalue weighted by Gasteiger charge is 2.24. The molecule has 4 rings (SSSR count). The van der Waals surface area contributed by atoms with Crippen LogP contribution in [-0.4, -0.2) is 10.8 Å². The minimum atomic E-state index is 0.0837. The summed E-state index contributed by atoms with van der Waals surface area (Å²) in [4.78, 5) is 16.3. The van der Waals surface area contributed by atoms with Crippen molar-refractivity contribution in [3.8, 4) is 0 Å². The Balaban J connectivity index is 1.71. The van der Waals surface area contributed by atoms with E-state index >= 15 is 0 Å². The van der Waals surface area contributed by atoms with Gasteiger partial charge in [0, 0.05) is 36.2 Å². The molecule has 0 bridgehead atoms. The Kier molecular flexibility index (Phi) is 4.34. The predicted octanol–water partition coefficient (Wildman–Crippen LogP) is 5.07. The molecule has 2 aromatic carbocycles. The van der Waals surface area contributed by atoms with Gasteiger partial charge in [-0.3, -0.25) is 4.79 Å². The van der Waals surface area contributed by atoms with Gasteiger partial charge in [-0.15, -0.1) is 0 Å². The number of fused-ring (bicyclic) bond motifs is 1. The SMILES string of the molecule is O=C(C[C@H](c1ccccc1)c1c[nH]c2c1CC=CC2)c1ccccc1. The van der Waals surface area contributed by atoms with Gasteiger partial charge >= 0.3 is 0 Å². The van der Waals surface area contributed by atoms with Crippen LogP contribution in [0, 0.1) is 0 Å². The number of aromatic nitrogens is 1. The molecular formula is C23H21NO. The topological polar surface area (TPSA) is 32.9 Å². The summed E-state index contributed by atoms with van der Waals surface area (Å²) in [6.07, 6.45) is 8.91. The number of H-pyrrole nitrogens is 1. The Hall–Kier alpha value is -2.87. The lowest BCUT2D eigenvalue weighted by Crippen LogP contribution is -2.11. The molecule has 3 aromatic rings. The summed E-state index contributed by atoms with van der Waals surface area (Å²) in [5, 5.41) is 0. The van der Waals surface area contributed by atoms with E-state index < -0.39 is 0 Å². The first-order valence-electron chi connectivity index (χ1n) is 8.80. The van der Waals surface area contributed by atoms with Crippen LogP contribution in [0.25, 0.3) is 0 Å². The fourth-order valence-corrected chi connectivity index (χ4v) is 3.67. The summed E-state index contributed by atoms with van der Waals surface area (Å²) in [6, 6.07) is 20.0. The molecule has 0 spiro atoms. The summed E-state index contributed by atoms with van der Waals surface area (Å²) in [5.74, 6) is 0.274. The molecule has 0 amide bonds. The lowest BCUT2D eigenvalue weighted by Gasteiger charge is -2.19. The van der Waals surface area contributed by atoms with Crippen molar-refractivity contribution in [3.63, 3.8) is 0 Å². The van der Waals surface area contributed by atoms with Crippen molar-refractivity contribution in [2.45, 2.75) is 25.2 Å². The molecule has 1 aliphatic rings. The smallest absolute Gasteiger partial charge is 0.163 e. The van der Waals surface area contributed by atoms with Crippen LogP contribution in [0.2, 0.25) is 0 Å². The van der Waals surface area contributed by atoms with E-state index in [1.54, 1.807) is 0 Å². The molecule has 2 heteroatoms. The predicted molar refractivity (Wildman–Crippen MR) is 101 cm³/mol. The van der Waals surface area contributed by atoms with Crippen molar-refractivity contribution in [1.82, 2.24) is 4.98 Å². The molecule has 124 valence electrons. The van der Waals surface area contributed by atoms with Gasteiger partial charge in [0.2, 0.25) is 0 Å². The number of carbonyl (C=O) groups excluding carboxylic acids is 1. The van der Waals surface area contributed by atoms with E-state index in [0.29, 0.717) is 6.42 Å². The summed E-state index contributed by atoms with van der Waals surface area (Å²) in [6.45, 7) is 0. The highest BCUT2D eigenvalue weighted by molar-refractivity contribution is 5.96. The molecule has 0 fully saturated rings. The molecule has 0 radical (unpaired) electrons. The number of carbonyl (C=O) groups is 1. The van der Waals surface area contributed by atoms with Crippen molar-refractivity contribution in [3.05, 3.63) is 107 Å². The Morgan fingerprint density at radius 1 is 0.920 bits per heavy atom. The maximum atomic E-state index is 12.9. The van der Waals surface area contributed by atoms with E-state index in [2.05, 4.69) is 35.5 Å². The molecule has 1 atom stereocenters. The monoisotopic (exact) mass is 327 g/mol. The molecule has 1 aromatic heterocycles. The van der Waals surface area contributed by atoms with Gasteiger partial charge in [-0.05, 0) is 23.1 Å². The number of rotatable bonds is 5. The third-order valence-electron chi connectivity index (χ3n) is 4.99. The van der Waals surface area contributed by atoms with Gasteiger partial charge < -0.3 is 4.98 Å². The van der Waals surface area contributed by atoms with E-state index in [1.165, 1.54) is 22.4 Å². The van der Waals surface area contributed by atoms with E-state index in [1.807, 2.05) is 48.5 Å². The third-order valence-corrected chi connectivity index (χ3v) is 4.99. The second-order valence-electron chi connectivity index (χ2n) is 6.54. The number of hydrogen-bond acceptors (Lipinski definition) is 1. The summed E-state index contributed by atoms with van der Waals surface area (Å²) < 4.78 is 0. The highest BCUT2D eigenvalue weighted by atomic mass is 16.1. The van der Waals surface area contributed by atoms with Gasteiger partial charge in [0.05, 0.1) is 0 Å². The van der Waals surface area contributed by atoms with Gasteiger partial charge in [0.25, 0.3) is 0 Å². The van der Waals surface area contributed by atoms with Crippen LogP contribution in [0.1, 0.15) is 45.1 Å². The first kappa shape index (κ1) is 15.6. The molecule has 0 saturated carbocycles. The summed E-state index contributed by atoms with van der Waals surface area (Å²) in [5.41, 5.74) is 5.88. The number of ketones is 1. The number of nitrogens with one attached hydrogen (secondary N) is 1. The van der Waals surface area contributed by atoms with Crippen LogP contribution in [0.4, 0.5) is 0 Å². The first-order chi connectivity index (χ1) is 12.3. The Morgan fingerprint density at radius 2 is 1.60 bits per heavy atom. The Morgan fingerprint density at radius 3 is 2.36 bits per heavy atom. The second kappa shape index (κ2) is 6.94. The minimum Gasteiger partial charge on any atom is -0.364 e. The second-order valence-corrected chi connectivity index (χ2v) is 6.54. The molecule has 1 N–H and O–H groups in total. The van der Waals surface area contributed by atoms with Gasteiger partial charge in [-0.2, -0.15) is 0 Å². The zero-order valence-corrected chi connectivity index (χ0v) is 14.1. The normalized spacial score (nSPS) is 14.1. The van der Waals surface area contributed by atoms with Crippen LogP contribution < -0.4 is 0 Å². The maximum Gasteiger partial charge on any atom is 0.163 e. The number of hydrogen-bond donors (Lipinski definition) is 1. The molecule has 2 nitrogen and oxygen atoms in total. The first-order valence-corrected chi connectivity index (χ1v) is 8.80. The molecule has 0 aliphatic heterocycles. The Labute approximate surface area is 148 Å². The van der Waals surface area contributed by atoms with E-state index in [4.69, 9.17) is 0 Å². The van der Waals surface area contributed by atoms with Gasteiger partial charge in [-0.25, -0.2) is 0 Å². The molecule has 0 saturated heterocycles. The van der Waals surface area contributed by atoms with Gasteiger partial charge in [0.15, 0.2) is 5.78 Å². The largest absolute Gasteiger partial charge is 0.364 e. The molecule has 1 heterocycles. The van der Waals surface area contributed by atoms with Crippen molar-refractivity contribution >= 4 is 5.78 Å². The number of allylic oxidation sites excluding steroid dienone is 2. The summed E-state index contributed by atoms with van der Waals surface area (Å²) in [7, 11) is 0. The van der Waals surface area contributed by atoms with Crippen molar-refractivity contribution in [2.24, 2.45) is 0 Å². The molecule has 1 aliphatic carbocycles. The molecular weight excluding hydrogens is 306 g/mol.